The molecule has 1 saturated heterocycles. The number of nitrogens with zero attached hydrogens (tertiary/aromatic N) is 1. The van der Waals surface area contributed by atoms with Crippen LogP contribution in [0.1, 0.15) is 65.4 Å². The molecule has 0 aliphatic carbocycles. The number of carbonyl (C=O) groups is 1. The second-order valence-electron chi connectivity index (χ2n) is 10.5. The number of fused-ring (bicyclic) bond motifs is 1. The summed E-state index contributed by atoms with van der Waals surface area (Å²) in [5, 5.41) is 11.1. The van der Waals surface area contributed by atoms with Crippen molar-refractivity contribution in [1.82, 2.24) is 5.06 Å². The van der Waals surface area contributed by atoms with Crippen molar-refractivity contribution in [2.24, 2.45) is 0 Å². The average molecular weight is 622 g/mol. The maximum Gasteiger partial charge on any atom is 0.281 e. The quantitative estimate of drug-likeness (QED) is 0.169. The number of hydrogen-bond acceptors (Lipinski definition) is 10. The molecule has 11 heteroatoms. The van der Waals surface area contributed by atoms with Crippen LogP contribution in [-0.4, -0.2) is 58.0 Å². The van der Waals surface area contributed by atoms with Crippen LogP contribution in [0, 0.1) is 0 Å². The first-order chi connectivity index (χ1) is 21.9. The Morgan fingerprint density at radius 3 is 2.11 bits per heavy atom. The lowest BCUT2D eigenvalue weighted by Crippen LogP contribution is -2.21. The van der Waals surface area contributed by atoms with Crippen molar-refractivity contribution in [2.45, 2.75) is 44.8 Å². The van der Waals surface area contributed by atoms with E-state index in [1.165, 1.54) is 6.20 Å². The minimum atomic E-state index is -0.601. The summed E-state index contributed by atoms with van der Waals surface area (Å²) in [4.78, 5) is 12.8. The maximum absolute atomic E-state index is 12.8. The van der Waals surface area contributed by atoms with E-state index in [9.17, 15) is 10.0 Å². The predicted molar refractivity (Wildman–Crippen MR) is 164 cm³/mol. The van der Waals surface area contributed by atoms with Crippen LogP contribution >= 0.6 is 0 Å². The van der Waals surface area contributed by atoms with Crippen LogP contribution < -0.4 is 33.2 Å². The SMILES string of the molecule is CCCOc1c(CC=CN(O)C(=O)c2ccc3c(c2)OCO3)cc([C@@H]2CC[C@@H](c3cc(OC)c(OC)c(OC)c3)O2)cc1OC. The Morgan fingerprint density at radius 2 is 1.49 bits per heavy atom. The Bertz CT molecular complexity index is 1510. The molecule has 1 N–H and O–H groups in total. The monoisotopic (exact) mass is 621 g/mol. The van der Waals surface area contributed by atoms with Crippen LogP contribution in [0.15, 0.2) is 54.7 Å². The van der Waals surface area contributed by atoms with Gasteiger partial charge in [-0.05, 0) is 79.3 Å². The van der Waals surface area contributed by atoms with Crippen LogP contribution in [-0.2, 0) is 11.2 Å². The van der Waals surface area contributed by atoms with Crippen LogP contribution in [0.2, 0.25) is 0 Å². The number of hydrogen-bond donors (Lipinski definition) is 1. The van der Waals surface area contributed by atoms with E-state index in [1.54, 1.807) is 52.7 Å². The lowest BCUT2D eigenvalue weighted by molar-refractivity contribution is -0.0204. The van der Waals surface area contributed by atoms with Crippen molar-refractivity contribution < 1.29 is 47.9 Å². The lowest BCUT2D eigenvalue weighted by atomic mass is 9.99. The van der Waals surface area contributed by atoms with Gasteiger partial charge in [0.05, 0.1) is 47.3 Å². The molecule has 2 atom stereocenters. The zero-order valence-corrected chi connectivity index (χ0v) is 26.2. The van der Waals surface area contributed by atoms with Crippen molar-refractivity contribution in [3.63, 3.8) is 0 Å². The molecule has 5 rings (SSSR count). The Morgan fingerprint density at radius 1 is 0.867 bits per heavy atom. The van der Waals surface area contributed by atoms with Crippen molar-refractivity contribution in [2.75, 3.05) is 41.8 Å². The van der Waals surface area contributed by atoms with Gasteiger partial charge in [-0.25, -0.2) is 0 Å². The normalized spacial score (nSPS) is 16.9. The maximum atomic E-state index is 12.8. The number of methoxy groups -OCH3 is 4. The average Bonchev–Trinajstić information content (AvgIpc) is 3.76. The summed E-state index contributed by atoms with van der Waals surface area (Å²) in [6, 6.07) is 12.6. The van der Waals surface area contributed by atoms with E-state index in [-0.39, 0.29) is 24.6 Å². The summed E-state index contributed by atoms with van der Waals surface area (Å²) in [5.74, 6) is 3.28. The van der Waals surface area contributed by atoms with Gasteiger partial charge in [0.15, 0.2) is 34.5 Å². The number of amides is 1. The number of ether oxygens (including phenoxy) is 8. The van der Waals surface area contributed by atoms with Gasteiger partial charge in [0, 0.05) is 17.3 Å². The summed E-state index contributed by atoms with van der Waals surface area (Å²) in [6.07, 6.45) is 5.37. The Hall–Kier alpha value is -4.61. The summed E-state index contributed by atoms with van der Waals surface area (Å²) in [5.41, 5.74) is 2.96. The molecule has 0 saturated carbocycles. The highest BCUT2D eigenvalue weighted by atomic mass is 16.7. The van der Waals surface area contributed by atoms with Crippen LogP contribution in [0.5, 0.6) is 40.2 Å². The zero-order chi connectivity index (χ0) is 31.9. The van der Waals surface area contributed by atoms with Gasteiger partial charge in [0.25, 0.3) is 5.91 Å². The van der Waals surface area contributed by atoms with E-state index >= 15 is 0 Å². The van der Waals surface area contributed by atoms with Crippen LogP contribution in [0.3, 0.4) is 0 Å². The molecular weight excluding hydrogens is 582 g/mol. The molecule has 3 aromatic carbocycles. The molecule has 1 fully saturated rings. The highest BCUT2D eigenvalue weighted by Gasteiger charge is 2.31. The largest absolute Gasteiger partial charge is 0.493 e. The van der Waals surface area contributed by atoms with Gasteiger partial charge in [-0.2, -0.15) is 5.06 Å². The third-order valence-corrected chi connectivity index (χ3v) is 7.69. The molecular formula is C34H39NO10. The summed E-state index contributed by atoms with van der Waals surface area (Å²) < 4.78 is 45.6. The summed E-state index contributed by atoms with van der Waals surface area (Å²) >= 11 is 0. The van der Waals surface area contributed by atoms with E-state index in [2.05, 4.69) is 0 Å². The minimum absolute atomic E-state index is 0.0954. The molecule has 0 aromatic heterocycles. The predicted octanol–water partition coefficient (Wildman–Crippen LogP) is 6.42. The molecule has 3 aromatic rings. The zero-order valence-electron chi connectivity index (χ0n) is 26.2. The van der Waals surface area contributed by atoms with Crippen molar-refractivity contribution in [1.29, 1.82) is 0 Å². The van der Waals surface area contributed by atoms with Gasteiger partial charge in [0.2, 0.25) is 12.5 Å². The molecule has 45 heavy (non-hydrogen) atoms. The summed E-state index contributed by atoms with van der Waals surface area (Å²) in [6.45, 7) is 2.63. The Balaban J connectivity index is 1.35. The summed E-state index contributed by atoms with van der Waals surface area (Å²) in [7, 11) is 6.36. The standard InChI is InChI=1S/C34H39NO10/c1-6-14-42-32-21(8-7-13-35(37)34(36)22-9-10-27-28(16-22)44-20-43-27)15-23(17-29(32)38-2)25-11-12-26(45-25)24-18-30(39-3)33(41-5)31(19-24)40-4/h7,9-10,13,15-19,25-26,37H,6,8,11-12,14,20H2,1-5H3/t25-,26-/m0/s1. The lowest BCUT2D eigenvalue weighted by Gasteiger charge is -2.20. The van der Waals surface area contributed by atoms with Gasteiger partial charge >= 0.3 is 0 Å². The van der Waals surface area contributed by atoms with E-state index < -0.39 is 5.91 Å². The first-order valence-corrected chi connectivity index (χ1v) is 14.8. The molecule has 2 heterocycles. The first kappa shape index (κ1) is 31.8. The van der Waals surface area contributed by atoms with Gasteiger partial charge in [-0.1, -0.05) is 13.0 Å². The number of rotatable bonds is 13. The van der Waals surface area contributed by atoms with Gasteiger partial charge in [-0.3, -0.25) is 10.0 Å². The highest BCUT2D eigenvalue weighted by Crippen LogP contribution is 2.47. The fourth-order valence-electron chi connectivity index (χ4n) is 5.46. The molecule has 2 aliphatic rings. The molecule has 0 radical (unpaired) electrons. The van der Waals surface area contributed by atoms with Gasteiger partial charge < -0.3 is 37.9 Å². The van der Waals surface area contributed by atoms with Crippen LogP contribution in [0.4, 0.5) is 0 Å². The molecule has 1 amide bonds. The molecule has 0 spiro atoms. The number of hydroxylamine groups is 2. The third-order valence-electron chi connectivity index (χ3n) is 7.69. The molecule has 0 bridgehead atoms. The molecule has 0 unspecified atom stereocenters. The third kappa shape index (κ3) is 6.89. The van der Waals surface area contributed by atoms with E-state index in [0.29, 0.717) is 58.3 Å². The van der Waals surface area contributed by atoms with Gasteiger partial charge in [0.1, 0.15) is 0 Å². The number of carbonyl (C=O) groups excluding carboxylic acids is 1. The fraction of sp³-hybridized carbons (Fsp3) is 0.382. The van der Waals surface area contributed by atoms with E-state index in [1.807, 2.05) is 31.2 Å². The smallest absolute Gasteiger partial charge is 0.281 e. The topological polar surface area (TPSA) is 114 Å². The molecule has 2 aliphatic heterocycles. The fourth-order valence-corrected chi connectivity index (χ4v) is 5.46. The molecule has 240 valence electrons. The Labute approximate surface area is 262 Å². The second-order valence-corrected chi connectivity index (χ2v) is 10.5. The van der Waals surface area contributed by atoms with Crippen molar-refractivity contribution in [3.05, 3.63) is 77.0 Å². The highest BCUT2D eigenvalue weighted by molar-refractivity contribution is 5.94. The minimum Gasteiger partial charge on any atom is -0.493 e. The van der Waals surface area contributed by atoms with E-state index in [4.69, 9.17) is 37.9 Å². The number of benzene rings is 3. The van der Waals surface area contributed by atoms with E-state index in [0.717, 1.165) is 36.0 Å². The Kier molecular flexibility index (Phi) is 10.2. The first-order valence-electron chi connectivity index (χ1n) is 14.8. The second kappa shape index (κ2) is 14.4. The van der Waals surface area contributed by atoms with Crippen molar-refractivity contribution in [3.8, 4) is 40.2 Å². The van der Waals surface area contributed by atoms with Crippen LogP contribution in [0.25, 0.3) is 0 Å². The van der Waals surface area contributed by atoms with Crippen molar-refractivity contribution >= 4 is 5.91 Å². The number of allylic oxidation sites excluding steroid dienone is 1. The molecule has 11 nitrogen and oxygen atoms in total. The van der Waals surface area contributed by atoms with Gasteiger partial charge in [-0.15, -0.1) is 0 Å².